The number of carbonyl (C=O) groups excluding carboxylic acids is 1. The molecule has 2 aromatic carbocycles. The second kappa shape index (κ2) is 8.35. The van der Waals surface area contributed by atoms with Crippen molar-refractivity contribution in [2.24, 2.45) is 0 Å². The lowest BCUT2D eigenvalue weighted by Crippen LogP contribution is -2.71. The minimum atomic E-state index is -1.06. The van der Waals surface area contributed by atoms with Crippen molar-refractivity contribution >= 4 is 40.4 Å². The van der Waals surface area contributed by atoms with Gasteiger partial charge >= 0.3 is 0 Å². The molecule has 2 aromatic rings. The van der Waals surface area contributed by atoms with Gasteiger partial charge in [0.05, 0.1) is 24.5 Å². The van der Waals surface area contributed by atoms with E-state index in [4.69, 9.17) is 0 Å². The number of hydrogen-bond acceptors (Lipinski definition) is 4. The fourth-order valence-electron chi connectivity index (χ4n) is 4.32. The molecule has 2 fully saturated rings. The van der Waals surface area contributed by atoms with Crippen molar-refractivity contribution < 1.29 is 23.1 Å². The number of carbonyl (C=O) groups is 1. The van der Waals surface area contributed by atoms with E-state index in [1.165, 1.54) is 23.1 Å². The molecular formula is C21H21F3IN3O2. The van der Waals surface area contributed by atoms with Gasteiger partial charge in [-0.1, -0.05) is 6.07 Å². The zero-order valence-electron chi connectivity index (χ0n) is 16.0. The fourth-order valence-corrected chi connectivity index (χ4v) is 4.77. The zero-order chi connectivity index (χ0) is 21.5. The number of benzene rings is 2. The van der Waals surface area contributed by atoms with Crippen molar-refractivity contribution in [1.82, 2.24) is 10.2 Å². The van der Waals surface area contributed by atoms with Gasteiger partial charge in [0.1, 0.15) is 11.4 Å². The molecule has 2 aliphatic rings. The van der Waals surface area contributed by atoms with Crippen molar-refractivity contribution in [2.45, 2.75) is 30.4 Å². The number of anilines is 2. The highest BCUT2D eigenvalue weighted by molar-refractivity contribution is 14.1. The van der Waals surface area contributed by atoms with Crippen LogP contribution in [0.2, 0.25) is 0 Å². The van der Waals surface area contributed by atoms with E-state index in [0.29, 0.717) is 34.9 Å². The van der Waals surface area contributed by atoms with Gasteiger partial charge in [-0.15, -0.1) is 0 Å². The molecular weight excluding hydrogens is 510 g/mol. The lowest BCUT2D eigenvalue weighted by molar-refractivity contribution is -0.150. The first-order valence-electron chi connectivity index (χ1n) is 9.66. The second-order valence-electron chi connectivity index (χ2n) is 7.92. The smallest absolute Gasteiger partial charge is 0.209 e. The van der Waals surface area contributed by atoms with Crippen molar-refractivity contribution in [2.75, 3.05) is 25.0 Å². The maximum absolute atomic E-state index is 14.7. The molecule has 9 heteroatoms. The number of amides is 1. The average molecular weight is 531 g/mol. The molecule has 0 spiro atoms. The second-order valence-corrected chi connectivity index (χ2v) is 9.16. The molecule has 1 unspecified atom stereocenters. The number of nitrogens with zero attached hydrogens (tertiary/aromatic N) is 1. The van der Waals surface area contributed by atoms with E-state index in [1.54, 1.807) is 6.07 Å². The van der Waals surface area contributed by atoms with Crippen molar-refractivity contribution in [3.63, 3.8) is 0 Å². The van der Waals surface area contributed by atoms with Gasteiger partial charge in [-0.3, -0.25) is 4.79 Å². The Morgan fingerprint density at radius 3 is 2.67 bits per heavy atom. The predicted molar refractivity (Wildman–Crippen MR) is 115 cm³/mol. The van der Waals surface area contributed by atoms with Crippen molar-refractivity contribution in [1.29, 1.82) is 0 Å². The topological polar surface area (TPSA) is 64.6 Å². The Hall–Kier alpha value is -1.85. The first-order valence-corrected chi connectivity index (χ1v) is 10.7. The number of likely N-dealkylation sites (tertiary alicyclic amines) is 1. The predicted octanol–water partition coefficient (Wildman–Crippen LogP) is 3.49. The van der Waals surface area contributed by atoms with Gasteiger partial charge in [0, 0.05) is 9.61 Å². The molecule has 0 aliphatic carbocycles. The largest absolute Gasteiger partial charge is 0.385 e. The molecule has 30 heavy (non-hydrogen) atoms. The Labute approximate surface area is 185 Å². The Bertz CT molecular complexity index is 969. The summed E-state index contributed by atoms with van der Waals surface area (Å²) in [5.41, 5.74) is -0.538. The summed E-state index contributed by atoms with van der Waals surface area (Å²) in [6, 6.07) is 6.77. The summed E-state index contributed by atoms with van der Waals surface area (Å²) in [7, 11) is 0. The third kappa shape index (κ3) is 4.02. The van der Waals surface area contributed by atoms with Gasteiger partial charge in [-0.2, -0.15) is 0 Å². The van der Waals surface area contributed by atoms with Gasteiger partial charge in [0.2, 0.25) is 6.41 Å². The summed E-state index contributed by atoms with van der Waals surface area (Å²) in [6.07, 6.45) is 1.83. The molecule has 2 atom stereocenters. The van der Waals surface area contributed by atoms with Crippen LogP contribution in [0.25, 0.3) is 0 Å². The Kier molecular flexibility index (Phi) is 5.95. The van der Waals surface area contributed by atoms with Crippen LogP contribution in [0.4, 0.5) is 24.5 Å². The monoisotopic (exact) mass is 531 g/mol. The van der Waals surface area contributed by atoms with Gasteiger partial charge in [0.25, 0.3) is 0 Å². The molecule has 4 rings (SSSR count). The molecule has 2 heterocycles. The number of piperidine rings is 1. The van der Waals surface area contributed by atoms with Crippen LogP contribution in [-0.4, -0.2) is 47.7 Å². The lowest BCUT2D eigenvalue weighted by atomic mass is 9.76. The Morgan fingerprint density at radius 1 is 1.20 bits per heavy atom. The molecule has 2 aliphatic heterocycles. The highest BCUT2D eigenvalue weighted by atomic mass is 127. The number of nitrogens with one attached hydrogen (secondary N) is 2. The number of halogens is 4. The number of aliphatic hydroxyl groups is 1. The van der Waals surface area contributed by atoms with E-state index in [2.05, 4.69) is 10.6 Å². The molecule has 3 N–H and O–H groups in total. The quantitative estimate of drug-likeness (QED) is 0.409. The number of rotatable bonds is 5. The summed E-state index contributed by atoms with van der Waals surface area (Å²) < 4.78 is 43.8. The Balaban J connectivity index is 1.62. The fraction of sp³-hybridized carbons (Fsp3) is 0.381. The summed E-state index contributed by atoms with van der Waals surface area (Å²) in [5, 5.41) is 16.8. The highest BCUT2D eigenvalue weighted by Gasteiger charge is 2.48. The maximum Gasteiger partial charge on any atom is 0.209 e. The summed E-state index contributed by atoms with van der Waals surface area (Å²) in [5.74, 6) is -2.81. The van der Waals surface area contributed by atoms with Crippen LogP contribution in [0.5, 0.6) is 0 Å². The van der Waals surface area contributed by atoms with Crippen LogP contribution in [0.1, 0.15) is 24.3 Å². The van der Waals surface area contributed by atoms with Crippen LogP contribution in [0.3, 0.4) is 0 Å². The molecule has 1 amide bonds. The van der Waals surface area contributed by atoms with Gasteiger partial charge in [0.15, 0.2) is 11.6 Å². The highest BCUT2D eigenvalue weighted by Crippen LogP contribution is 2.40. The zero-order valence-corrected chi connectivity index (χ0v) is 18.1. The molecule has 0 bridgehead atoms. The van der Waals surface area contributed by atoms with E-state index in [1.807, 2.05) is 22.6 Å². The maximum atomic E-state index is 14.7. The van der Waals surface area contributed by atoms with E-state index < -0.39 is 23.1 Å². The van der Waals surface area contributed by atoms with E-state index in [9.17, 15) is 23.1 Å². The molecule has 160 valence electrons. The van der Waals surface area contributed by atoms with Crippen LogP contribution in [0.15, 0.2) is 30.3 Å². The van der Waals surface area contributed by atoms with Crippen molar-refractivity contribution in [3.8, 4) is 0 Å². The van der Waals surface area contributed by atoms with Gasteiger partial charge < -0.3 is 20.6 Å². The minimum absolute atomic E-state index is 0.0610. The number of hydrogen-bond donors (Lipinski definition) is 3. The average Bonchev–Trinajstić information content (AvgIpc) is 2.71. The van der Waals surface area contributed by atoms with Gasteiger partial charge in [-0.05, 0) is 77.7 Å². The first-order chi connectivity index (χ1) is 14.3. The van der Waals surface area contributed by atoms with Gasteiger partial charge in [-0.25, -0.2) is 13.2 Å². The SMILES string of the molecule is O=CN1CC(O)([C@@H]2CC(c3ccc(F)c(F)c3Nc3ccc(I)cc3F)CCN2)C1. The molecule has 0 radical (unpaired) electrons. The first kappa shape index (κ1) is 21.4. The summed E-state index contributed by atoms with van der Waals surface area (Å²) in [6.45, 7) is 1.05. The van der Waals surface area contributed by atoms with Crippen LogP contribution in [0, 0.1) is 21.0 Å². The third-order valence-electron chi connectivity index (χ3n) is 5.91. The standard InChI is InChI=1S/C21H21F3IN3O2/c22-15-3-2-14(20(19(15)24)27-17-4-1-13(25)8-16(17)23)12-5-6-26-18(7-12)21(30)9-28(10-21)11-29/h1-4,8,11-12,18,26-27,30H,5-7,9-10H2/t12?,18-/m0/s1. The van der Waals surface area contributed by atoms with Crippen molar-refractivity contribution in [3.05, 3.63) is 56.9 Å². The summed E-state index contributed by atoms with van der Waals surface area (Å²) >= 11 is 1.97. The van der Waals surface area contributed by atoms with Crippen LogP contribution < -0.4 is 10.6 Å². The molecule has 0 aromatic heterocycles. The van der Waals surface area contributed by atoms with E-state index in [-0.39, 0.29) is 36.4 Å². The van der Waals surface area contributed by atoms with E-state index in [0.717, 1.165) is 6.07 Å². The minimum Gasteiger partial charge on any atom is -0.385 e. The summed E-state index contributed by atoms with van der Waals surface area (Å²) in [4.78, 5) is 12.3. The van der Waals surface area contributed by atoms with E-state index >= 15 is 0 Å². The molecule has 0 saturated carbocycles. The number of β-amino-alcohol motifs (C(OH)–C–C–N with tert-alkyl or cyclic N) is 1. The molecule has 2 saturated heterocycles. The normalized spacial score (nSPS) is 23.0. The lowest BCUT2D eigenvalue weighted by Gasteiger charge is -2.51. The van der Waals surface area contributed by atoms with Crippen LogP contribution >= 0.6 is 22.6 Å². The third-order valence-corrected chi connectivity index (χ3v) is 6.58. The molecule has 5 nitrogen and oxygen atoms in total. The van der Waals surface area contributed by atoms with Crippen LogP contribution in [-0.2, 0) is 4.79 Å². The Morgan fingerprint density at radius 2 is 1.97 bits per heavy atom.